The second kappa shape index (κ2) is 8.23. The van der Waals surface area contributed by atoms with Gasteiger partial charge in [-0.2, -0.15) is 0 Å². The van der Waals surface area contributed by atoms with Crippen LogP contribution in [0.3, 0.4) is 0 Å². The van der Waals surface area contributed by atoms with Gasteiger partial charge in [0, 0.05) is 24.5 Å². The van der Waals surface area contributed by atoms with E-state index in [9.17, 15) is 18.8 Å². The van der Waals surface area contributed by atoms with E-state index in [2.05, 4.69) is 15.6 Å². The fourth-order valence-electron chi connectivity index (χ4n) is 3.25. The maximum absolute atomic E-state index is 13.3. The van der Waals surface area contributed by atoms with Crippen LogP contribution in [0.15, 0.2) is 71.7 Å². The Morgan fingerprint density at radius 3 is 2.26 bits per heavy atom. The monoisotopic (exact) mass is 419 g/mol. The number of fused-ring (bicyclic) bond motifs is 1. The first-order valence-electron chi connectivity index (χ1n) is 9.42. The molecule has 0 bridgehead atoms. The number of nitrogens with one attached hydrogen (secondary N) is 2. The van der Waals surface area contributed by atoms with Crippen LogP contribution in [0, 0.1) is 5.82 Å². The Bertz CT molecular complexity index is 1320. The Balaban J connectivity index is 1.62. The number of hydrogen-bond acceptors (Lipinski definition) is 4. The van der Waals surface area contributed by atoms with E-state index in [4.69, 9.17) is 0 Å². The Morgan fingerprint density at radius 1 is 0.968 bits per heavy atom. The minimum absolute atomic E-state index is 0.192. The smallest absolute Gasteiger partial charge is 0.326 e. The van der Waals surface area contributed by atoms with Crippen LogP contribution in [0.1, 0.15) is 6.92 Å². The van der Waals surface area contributed by atoms with Crippen LogP contribution in [-0.2, 0) is 16.1 Å². The summed E-state index contributed by atoms with van der Waals surface area (Å²) in [6.07, 6.45) is 1.54. The molecule has 0 unspecified atom stereocenters. The van der Waals surface area contributed by atoms with Crippen molar-refractivity contribution in [1.29, 1.82) is 0 Å². The summed E-state index contributed by atoms with van der Waals surface area (Å²) >= 11 is 0. The lowest BCUT2D eigenvalue weighted by atomic mass is 10.2. The zero-order valence-electron chi connectivity index (χ0n) is 16.5. The van der Waals surface area contributed by atoms with Gasteiger partial charge in [0.1, 0.15) is 12.4 Å². The van der Waals surface area contributed by atoms with Gasteiger partial charge < -0.3 is 10.6 Å². The molecule has 0 saturated heterocycles. The number of carbonyl (C=O) groups excluding carboxylic acids is 2. The Morgan fingerprint density at radius 2 is 1.61 bits per heavy atom. The number of pyridine rings is 1. The third-order valence-electron chi connectivity index (χ3n) is 4.57. The highest BCUT2D eigenvalue weighted by Gasteiger charge is 2.17. The maximum Gasteiger partial charge on any atom is 0.335 e. The molecule has 0 saturated carbocycles. The van der Waals surface area contributed by atoms with Gasteiger partial charge in [-0.05, 0) is 60.7 Å². The molecule has 0 radical (unpaired) electrons. The summed E-state index contributed by atoms with van der Waals surface area (Å²) in [4.78, 5) is 41.1. The van der Waals surface area contributed by atoms with E-state index < -0.39 is 17.4 Å². The number of carbonyl (C=O) groups is 2. The number of rotatable bonds is 5. The van der Waals surface area contributed by atoms with Crippen molar-refractivity contribution in [3.05, 3.63) is 83.2 Å². The topological polar surface area (TPSA) is 98.0 Å². The lowest BCUT2D eigenvalue weighted by Gasteiger charge is -2.08. The average molecular weight is 419 g/mol. The summed E-state index contributed by atoms with van der Waals surface area (Å²) in [7, 11) is 0. The molecule has 0 aliphatic carbocycles. The zero-order valence-corrected chi connectivity index (χ0v) is 16.5. The van der Waals surface area contributed by atoms with Crippen LogP contribution >= 0.6 is 0 Å². The van der Waals surface area contributed by atoms with Crippen LogP contribution in [0.25, 0.3) is 16.9 Å². The first-order chi connectivity index (χ1) is 14.9. The summed E-state index contributed by atoms with van der Waals surface area (Å²) in [5.41, 5.74) is 1.96. The molecule has 8 nitrogen and oxygen atoms in total. The summed E-state index contributed by atoms with van der Waals surface area (Å²) < 4.78 is 16.0. The van der Waals surface area contributed by atoms with Crippen LogP contribution in [0.2, 0.25) is 0 Å². The van der Waals surface area contributed by atoms with Crippen LogP contribution in [-0.4, -0.2) is 25.9 Å². The van der Waals surface area contributed by atoms with Crippen molar-refractivity contribution in [2.75, 3.05) is 10.6 Å². The standard InChI is InChI=1S/C22H18FN5O3/c1-14(29)25-16-6-8-17(9-7-16)26-20(30)13-27-19-3-2-12-24-21(19)28(22(27)31)18-10-4-15(23)5-11-18/h2-12H,13H2,1H3,(H,25,29)(H,26,30). The predicted molar refractivity (Wildman–Crippen MR) is 115 cm³/mol. The highest BCUT2D eigenvalue weighted by Crippen LogP contribution is 2.17. The number of nitrogens with zero attached hydrogens (tertiary/aromatic N) is 3. The van der Waals surface area contributed by atoms with Crippen molar-refractivity contribution < 1.29 is 14.0 Å². The van der Waals surface area contributed by atoms with Crippen molar-refractivity contribution >= 4 is 34.4 Å². The summed E-state index contributed by atoms with van der Waals surface area (Å²) in [5, 5.41) is 5.37. The molecule has 31 heavy (non-hydrogen) atoms. The molecule has 0 atom stereocenters. The Labute approximate surface area is 176 Å². The van der Waals surface area contributed by atoms with Gasteiger partial charge in [-0.25, -0.2) is 18.7 Å². The van der Waals surface area contributed by atoms with E-state index in [1.54, 1.807) is 42.6 Å². The van der Waals surface area contributed by atoms with Gasteiger partial charge in [-0.1, -0.05) is 0 Å². The second-order valence-corrected chi connectivity index (χ2v) is 6.83. The van der Waals surface area contributed by atoms with E-state index in [0.717, 1.165) is 0 Å². The van der Waals surface area contributed by atoms with E-state index in [1.165, 1.54) is 40.3 Å². The first-order valence-corrected chi connectivity index (χ1v) is 9.42. The molecule has 4 rings (SSSR count). The van der Waals surface area contributed by atoms with Crippen molar-refractivity contribution in [3.8, 4) is 5.69 Å². The number of halogens is 1. The lowest BCUT2D eigenvalue weighted by molar-refractivity contribution is -0.117. The third kappa shape index (κ3) is 4.20. The summed E-state index contributed by atoms with van der Waals surface area (Å²) in [6, 6.07) is 15.4. The predicted octanol–water partition coefficient (Wildman–Crippen LogP) is 2.92. The number of imidazole rings is 1. The van der Waals surface area contributed by atoms with Gasteiger partial charge in [0.15, 0.2) is 5.65 Å². The molecule has 0 aliphatic rings. The number of benzene rings is 2. The molecular formula is C22H18FN5O3. The third-order valence-corrected chi connectivity index (χ3v) is 4.57. The molecule has 4 aromatic rings. The number of amides is 2. The molecular weight excluding hydrogens is 401 g/mol. The fraction of sp³-hybridized carbons (Fsp3) is 0.0909. The molecule has 2 N–H and O–H groups in total. The van der Waals surface area contributed by atoms with Gasteiger partial charge >= 0.3 is 5.69 Å². The van der Waals surface area contributed by atoms with Crippen molar-refractivity contribution in [2.24, 2.45) is 0 Å². The van der Waals surface area contributed by atoms with Crippen molar-refractivity contribution in [2.45, 2.75) is 13.5 Å². The number of aromatic nitrogens is 3. The minimum atomic E-state index is -0.462. The molecule has 0 aliphatic heterocycles. The quantitative estimate of drug-likeness (QED) is 0.520. The van der Waals surface area contributed by atoms with Gasteiger partial charge in [0.25, 0.3) is 0 Å². The maximum atomic E-state index is 13.3. The molecule has 0 fully saturated rings. The van der Waals surface area contributed by atoms with Gasteiger partial charge in [-0.3, -0.25) is 14.2 Å². The SMILES string of the molecule is CC(=O)Nc1ccc(NC(=O)Cn2c(=O)n(-c3ccc(F)cc3)c3ncccc32)cc1. The minimum Gasteiger partial charge on any atom is -0.326 e. The first kappa shape index (κ1) is 20.0. The van der Waals surface area contributed by atoms with Gasteiger partial charge in [0.2, 0.25) is 11.8 Å². The average Bonchev–Trinajstić information content (AvgIpc) is 3.01. The van der Waals surface area contributed by atoms with Crippen molar-refractivity contribution in [3.63, 3.8) is 0 Å². The summed E-state index contributed by atoms with van der Waals surface area (Å²) in [5.74, 6) is -1.02. The summed E-state index contributed by atoms with van der Waals surface area (Å²) in [6.45, 7) is 1.17. The Hall–Kier alpha value is -4.27. The van der Waals surface area contributed by atoms with Gasteiger partial charge in [0.05, 0.1) is 11.2 Å². The molecule has 2 heterocycles. The van der Waals surface area contributed by atoms with E-state index >= 15 is 0 Å². The van der Waals surface area contributed by atoms with E-state index in [1.807, 2.05) is 0 Å². The molecule has 2 aromatic heterocycles. The second-order valence-electron chi connectivity index (χ2n) is 6.83. The van der Waals surface area contributed by atoms with Crippen LogP contribution in [0.4, 0.5) is 15.8 Å². The number of hydrogen-bond donors (Lipinski definition) is 2. The molecule has 2 aromatic carbocycles. The highest BCUT2D eigenvalue weighted by atomic mass is 19.1. The molecule has 0 spiro atoms. The van der Waals surface area contributed by atoms with Crippen molar-refractivity contribution in [1.82, 2.24) is 14.1 Å². The largest absolute Gasteiger partial charge is 0.335 e. The van der Waals surface area contributed by atoms with Crippen LogP contribution in [0.5, 0.6) is 0 Å². The zero-order chi connectivity index (χ0) is 22.0. The van der Waals surface area contributed by atoms with E-state index in [-0.39, 0.29) is 12.5 Å². The fourth-order valence-corrected chi connectivity index (χ4v) is 3.25. The highest BCUT2D eigenvalue weighted by molar-refractivity contribution is 5.92. The lowest BCUT2D eigenvalue weighted by Crippen LogP contribution is -2.28. The normalized spacial score (nSPS) is 10.8. The molecule has 9 heteroatoms. The molecule has 2 amide bonds. The Kier molecular flexibility index (Phi) is 5.31. The molecule has 156 valence electrons. The van der Waals surface area contributed by atoms with E-state index in [0.29, 0.717) is 28.2 Å². The number of anilines is 2. The van der Waals surface area contributed by atoms with Gasteiger partial charge in [-0.15, -0.1) is 0 Å². The van der Waals surface area contributed by atoms with Crippen LogP contribution < -0.4 is 16.3 Å².